The zero-order chi connectivity index (χ0) is 15.0. The van der Waals surface area contributed by atoms with Crippen LogP contribution in [0.5, 0.6) is 0 Å². The number of ether oxygens (including phenoxy) is 1. The first-order valence-electron chi connectivity index (χ1n) is 6.78. The van der Waals surface area contributed by atoms with Crippen molar-refractivity contribution in [3.05, 3.63) is 35.4 Å². The van der Waals surface area contributed by atoms with Crippen molar-refractivity contribution in [2.75, 3.05) is 27.7 Å². The van der Waals surface area contributed by atoms with E-state index in [-0.39, 0.29) is 12.0 Å². The van der Waals surface area contributed by atoms with Crippen LogP contribution >= 0.6 is 0 Å². The van der Waals surface area contributed by atoms with Crippen molar-refractivity contribution >= 4 is 5.91 Å². The number of hydrogen-bond donors (Lipinski definition) is 2. The summed E-state index contributed by atoms with van der Waals surface area (Å²) >= 11 is 0. The molecule has 112 valence electrons. The van der Waals surface area contributed by atoms with Gasteiger partial charge in [-0.05, 0) is 25.2 Å². The third-order valence-corrected chi connectivity index (χ3v) is 3.09. The first kappa shape index (κ1) is 16.6. The fourth-order valence-electron chi connectivity index (χ4n) is 1.96. The molecule has 5 heteroatoms. The lowest BCUT2D eigenvalue weighted by molar-refractivity contribution is -0.123. The van der Waals surface area contributed by atoms with Crippen molar-refractivity contribution in [1.82, 2.24) is 10.2 Å². The minimum atomic E-state index is -0.216. The lowest BCUT2D eigenvalue weighted by atomic mass is 10.1. The highest BCUT2D eigenvalue weighted by atomic mass is 16.5. The second-order valence-corrected chi connectivity index (χ2v) is 5.08. The van der Waals surface area contributed by atoms with Gasteiger partial charge in [-0.3, -0.25) is 4.79 Å². The fraction of sp³-hybridized carbons (Fsp3) is 0.533. The van der Waals surface area contributed by atoms with E-state index in [2.05, 4.69) is 16.3 Å². The molecule has 0 aliphatic carbocycles. The maximum atomic E-state index is 11.8. The number of hydrogen-bond acceptors (Lipinski definition) is 4. The Kier molecular flexibility index (Phi) is 7.22. The largest absolute Gasteiger partial charge is 0.380 e. The molecule has 1 aromatic carbocycles. The van der Waals surface area contributed by atoms with Crippen molar-refractivity contribution in [3.63, 3.8) is 0 Å². The number of carbonyl (C=O) groups excluding carboxylic acids is 1. The average molecular weight is 279 g/mol. The lowest BCUT2D eigenvalue weighted by Gasteiger charge is -2.16. The maximum absolute atomic E-state index is 11.8. The smallest absolute Gasteiger partial charge is 0.222 e. The Labute approximate surface area is 121 Å². The van der Waals surface area contributed by atoms with Gasteiger partial charge in [0.1, 0.15) is 0 Å². The quantitative estimate of drug-likeness (QED) is 0.736. The van der Waals surface area contributed by atoms with E-state index in [0.717, 1.165) is 12.1 Å². The van der Waals surface area contributed by atoms with Crippen LogP contribution in [-0.4, -0.2) is 44.7 Å². The average Bonchev–Trinajstić information content (AvgIpc) is 2.43. The molecule has 0 saturated carbocycles. The van der Waals surface area contributed by atoms with E-state index in [4.69, 9.17) is 10.5 Å². The summed E-state index contributed by atoms with van der Waals surface area (Å²) in [6, 6.07) is 8.12. The van der Waals surface area contributed by atoms with E-state index in [0.29, 0.717) is 19.5 Å². The molecule has 20 heavy (non-hydrogen) atoms. The zero-order valence-electron chi connectivity index (χ0n) is 12.6. The van der Waals surface area contributed by atoms with E-state index < -0.39 is 0 Å². The molecule has 0 fully saturated rings. The van der Waals surface area contributed by atoms with Crippen LogP contribution in [0.3, 0.4) is 0 Å². The topological polar surface area (TPSA) is 67.6 Å². The Morgan fingerprint density at radius 1 is 1.35 bits per heavy atom. The number of rotatable bonds is 8. The number of nitrogens with two attached hydrogens (primary N) is 1. The lowest BCUT2D eigenvalue weighted by Crippen LogP contribution is -2.32. The predicted octanol–water partition coefficient (Wildman–Crippen LogP) is 0.728. The third-order valence-electron chi connectivity index (χ3n) is 3.09. The van der Waals surface area contributed by atoms with Crippen molar-refractivity contribution in [2.45, 2.75) is 25.6 Å². The number of carbonyl (C=O) groups is 1. The standard InChI is InChI=1S/C15H25N3O2/c1-18(2)11-13-7-5-4-6-12(13)10-17-15(19)8-14(9-16)20-3/h4-7,14H,8-11,16H2,1-3H3,(H,17,19). The second-order valence-electron chi connectivity index (χ2n) is 5.08. The SMILES string of the molecule is COC(CN)CC(=O)NCc1ccccc1CN(C)C. The Morgan fingerprint density at radius 2 is 2.00 bits per heavy atom. The van der Waals surface area contributed by atoms with Crippen LogP contribution < -0.4 is 11.1 Å². The van der Waals surface area contributed by atoms with Gasteiger partial charge in [-0.15, -0.1) is 0 Å². The van der Waals surface area contributed by atoms with Crippen LogP contribution in [0.2, 0.25) is 0 Å². The van der Waals surface area contributed by atoms with E-state index >= 15 is 0 Å². The van der Waals surface area contributed by atoms with Crippen molar-refractivity contribution in [2.24, 2.45) is 5.73 Å². The molecule has 1 aromatic rings. The highest BCUT2D eigenvalue weighted by Crippen LogP contribution is 2.10. The summed E-state index contributed by atoms with van der Waals surface area (Å²) < 4.78 is 5.11. The van der Waals surface area contributed by atoms with Gasteiger partial charge in [0, 0.05) is 26.7 Å². The van der Waals surface area contributed by atoms with Crippen LogP contribution in [0.25, 0.3) is 0 Å². The van der Waals surface area contributed by atoms with Crippen molar-refractivity contribution in [1.29, 1.82) is 0 Å². The Bertz CT molecular complexity index is 417. The molecule has 0 spiro atoms. The van der Waals surface area contributed by atoms with Gasteiger partial charge in [-0.2, -0.15) is 0 Å². The molecule has 0 radical (unpaired) electrons. The third kappa shape index (κ3) is 5.69. The van der Waals surface area contributed by atoms with Gasteiger partial charge < -0.3 is 20.7 Å². The van der Waals surface area contributed by atoms with E-state index in [1.54, 1.807) is 7.11 Å². The van der Waals surface area contributed by atoms with Gasteiger partial charge in [-0.1, -0.05) is 24.3 Å². The second kappa shape index (κ2) is 8.68. The van der Waals surface area contributed by atoms with Crippen LogP contribution in [-0.2, 0) is 22.6 Å². The molecular formula is C15H25N3O2. The van der Waals surface area contributed by atoms with Crippen LogP contribution in [0, 0.1) is 0 Å². The molecule has 0 aliphatic heterocycles. The summed E-state index contributed by atoms with van der Waals surface area (Å²) in [6.45, 7) is 1.74. The van der Waals surface area contributed by atoms with Crippen LogP contribution in [0.1, 0.15) is 17.5 Å². The summed E-state index contributed by atoms with van der Waals surface area (Å²) in [6.07, 6.45) is 0.0788. The van der Waals surface area contributed by atoms with E-state index in [9.17, 15) is 4.79 Å². The molecule has 3 N–H and O–H groups in total. The minimum absolute atomic E-state index is 0.0399. The molecule has 1 rings (SSSR count). The van der Waals surface area contributed by atoms with E-state index in [1.165, 1.54) is 5.56 Å². The summed E-state index contributed by atoms with van der Waals surface area (Å²) in [7, 11) is 5.62. The molecule has 1 unspecified atom stereocenters. The highest BCUT2D eigenvalue weighted by Gasteiger charge is 2.11. The van der Waals surface area contributed by atoms with Gasteiger partial charge in [0.25, 0.3) is 0 Å². The van der Waals surface area contributed by atoms with Crippen LogP contribution in [0.15, 0.2) is 24.3 Å². The number of nitrogens with zero attached hydrogens (tertiary/aromatic N) is 1. The van der Waals surface area contributed by atoms with Gasteiger partial charge in [0.05, 0.1) is 12.5 Å². The monoisotopic (exact) mass is 279 g/mol. The van der Waals surface area contributed by atoms with Crippen LogP contribution in [0.4, 0.5) is 0 Å². The minimum Gasteiger partial charge on any atom is -0.380 e. The maximum Gasteiger partial charge on any atom is 0.222 e. The number of benzene rings is 1. The Balaban J connectivity index is 2.54. The summed E-state index contributed by atoms with van der Waals surface area (Å²) in [4.78, 5) is 13.9. The molecule has 1 amide bonds. The van der Waals surface area contributed by atoms with E-state index in [1.807, 2.05) is 32.3 Å². The summed E-state index contributed by atoms with van der Waals surface area (Å²) in [5, 5.41) is 2.92. The first-order valence-corrected chi connectivity index (χ1v) is 6.78. The Morgan fingerprint density at radius 3 is 2.55 bits per heavy atom. The highest BCUT2D eigenvalue weighted by molar-refractivity contribution is 5.76. The van der Waals surface area contributed by atoms with Gasteiger partial charge >= 0.3 is 0 Å². The number of amides is 1. The van der Waals surface area contributed by atoms with Gasteiger partial charge in [0.15, 0.2) is 0 Å². The molecule has 0 aromatic heterocycles. The van der Waals surface area contributed by atoms with Gasteiger partial charge in [0.2, 0.25) is 5.91 Å². The first-order chi connectivity index (χ1) is 9.56. The Hall–Kier alpha value is -1.43. The van der Waals surface area contributed by atoms with Crippen molar-refractivity contribution in [3.8, 4) is 0 Å². The normalized spacial score (nSPS) is 12.4. The summed E-state index contributed by atoms with van der Waals surface area (Å²) in [5.41, 5.74) is 7.86. The predicted molar refractivity (Wildman–Crippen MR) is 80.1 cm³/mol. The fourth-order valence-corrected chi connectivity index (χ4v) is 1.96. The van der Waals surface area contributed by atoms with Gasteiger partial charge in [-0.25, -0.2) is 0 Å². The molecular weight excluding hydrogens is 254 g/mol. The van der Waals surface area contributed by atoms with Crippen molar-refractivity contribution < 1.29 is 9.53 Å². The zero-order valence-corrected chi connectivity index (χ0v) is 12.6. The molecule has 0 bridgehead atoms. The molecule has 5 nitrogen and oxygen atoms in total. The molecule has 0 saturated heterocycles. The number of methoxy groups -OCH3 is 1. The number of nitrogens with one attached hydrogen (secondary N) is 1. The molecule has 0 aliphatic rings. The molecule has 0 heterocycles. The summed E-state index contributed by atoms with van der Waals surface area (Å²) in [5.74, 6) is -0.0399. The molecule has 1 atom stereocenters.